The summed E-state index contributed by atoms with van der Waals surface area (Å²) in [5.74, 6) is 0.914. The summed E-state index contributed by atoms with van der Waals surface area (Å²) in [4.78, 5) is 2.22. The van der Waals surface area contributed by atoms with Crippen LogP contribution in [0.5, 0.6) is 5.75 Å². The van der Waals surface area contributed by atoms with E-state index in [9.17, 15) is 0 Å². The van der Waals surface area contributed by atoms with E-state index in [1.165, 1.54) is 5.56 Å². The fraction of sp³-hybridized carbons (Fsp3) is 0.571. The maximum absolute atomic E-state index is 5.18. The molecule has 1 rings (SSSR count). The van der Waals surface area contributed by atoms with Crippen molar-refractivity contribution in [3.05, 3.63) is 29.8 Å². The average molecular weight is 236 g/mol. The minimum atomic E-state index is 0.424. The smallest absolute Gasteiger partial charge is 0.118 e. The number of nitrogens with one attached hydrogen (secondary N) is 1. The van der Waals surface area contributed by atoms with Gasteiger partial charge >= 0.3 is 0 Å². The summed E-state index contributed by atoms with van der Waals surface area (Å²) in [5, 5.41) is 3.52. The van der Waals surface area contributed by atoms with Crippen LogP contribution >= 0.6 is 0 Å². The van der Waals surface area contributed by atoms with Crippen molar-refractivity contribution >= 4 is 0 Å². The van der Waals surface area contributed by atoms with Gasteiger partial charge in [0, 0.05) is 6.04 Å². The van der Waals surface area contributed by atoms with Crippen molar-refractivity contribution in [3.8, 4) is 5.75 Å². The summed E-state index contributed by atoms with van der Waals surface area (Å²) in [7, 11) is 5.91. The van der Waals surface area contributed by atoms with Gasteiger partial charge < -0.3 is 15.0 Å². The van der Waals surface area contributed by atoms with Crippen molar-refractivity contribution in [2.45, 2.75) is 19.4 Å². The fourth-order valence-electron chi connectivity index (χ4n) is 1.86. The standard InChI is InChI=1S/C14H24N2O/c1-5-15-14(10-11-16(2)3)12-6-8-13(17-4)9-7-12/h6-9,14-15H,5,10-11H2,1-4H3. The van der Waals surface area contributed by atoms with Crippen molar-refractivity contribution in [2.24, 2.45) is 0 Å². The molecular weight excluding hydrogens is 212 g/mol. The van der Waals surface area contributed by atoms with Crippen LogP contribution in [-0.2, 0) is 0 Å². The summed E-state index contributed by atoms with van der Waals surface area (Å²) in [6, 6.07) is 8.75. The molecule has 1 aromatic rings. The van der Waals surface area contributed by atoms with Gasteiger partial charge in [0.15, 0.2) is 0 Å². The summed E-state index contributed by atoms with van der Waals surface area (Å²) in [6.07, 6.45) is 1.12. The summed E-state index contributed by atoms with van der Waals surface area (Å²) < 4.78 is 5.18. The maximum Gasteiger partial charge on any atom is 0.118 e. The first-order valence-electron chi connectivity index (χ1n) is 6.19. The van der Waals surface area contributed by atoms with E-state index < -0.39 is 0 Å². The summed E-state index contributed by atoms with van der Waals surface area (Å²) in [6.45, 7) is 4.22. The lowest BCUT2D eigenvalue weighted by Crippen LogP contribution is -2.25. The molecule has 0 amide bonds. The van der Waals surface area contributed by atoms with Gasteiger partial charge in [-0.1, -0.05) is 19.1 Å². The Morgan fingerprint density at radius 3 is 2.35 bits per heavy atom. The van der Waals surface area contributed by atoms with E-state index in [0.717, 1.165) is 25.3 Å². The molecule has 0 radical (unpaired) electrons. The lowest BCUT2D eigenvalue weighted by molar-refractivity contribution is 0.363. The third kappa shape index (κ3) is 4.75. The minimum Gasteiger partial charge on any atom is -0.497 e. The van der Waals surface area contributed by atoms with E-state index in [4.69, 9.17) is 4.74 Å². The van der Waals surface area contributed by atoms with Gasteiger partial charge in [-0.2, -0.15) is 0 Å². The fourth-order valence-corrected chi connectivity index (χ4v) is 1.86. The maximum atomic E-state index is 5.18. The molecule has 0 saturated heterocycles. The molecule has 0 spiro atoms. The van der Waals surface area contributed by atoms with Gasteiger partial charge in [-0.25, -0.2) is 0 Å². The van der Waals surface area contributed by atoms with Crippen LogP contribution < -0.4 is 10.1 Å². The quantitative estimate of drug-likeness (QED) is 0.786. The highest BCUT2D eigenvalue weighted by molar-refractivity contribution is 5.29. The monoisotopic (exact) mass is 236 g/mol. The van der Waals surface area contributed by atoms with E-state index in [2.05, 4.69) is 43.4 Å². The molecular formula is C14H24N2O. The number of ether oxygens (including phenoxy) is 1. The number of benzene rings is 1. The van der Waals surface area contributed by atoms with Crippen molar-refractivity contribution in [1.29, 1.82) is 0 Å². The Hall–Kier alpha value is -1.06. The number of hydrogen-bond acceptors (Lipinski definition) is 3. The van der Waals surface area contributed by atoms with Crippen molar-refractivity contribution < 1.29 is 4.74 Å². The highest BCUT2D eigenvalue weighted by Gasteiger charge is 2.10. The zero-order chi connectivity index (χ0) is 12.7. The first kappa shape index (κ1) is 14.0. The molecule has 3 nitrogen and oxygen atoms in total. The summed E-state index contributed by atoms with van der Waals surface area (Å²) >= 11 is 0. The third-order valence-electron chi connectivity index (χ3n) is 2.83. The van der Waals surface area contributed by atoms with Crippen LogP contribution in [0.1, 0.15) is 24.9 Å². The van der Waals surface area contributed by atoms with Gasteiger partial charge in [0.1, 0.15) is 5.75 Å². The molecule has 96 valence electrons. The largest absolute Gasteiger partial charge is 0.497 e. The predicted octanol–water partition coefficient (Wildman–Crippen LogP) is 2.30. The number of rotatable bonds is 7. The number of nitrogens with zero attached hydrogens (tertiary/aromatic N) is 1. The van der Waals surface area contributed by atoms with Gasteiger partial charge in [-0.15, -0.1) is 0 Å². The zero-order valence-electron chi connectivity index (χ0n) is 11.4. The highest BCUT2D eigenvalue weighted by atomic mass is 16.5. The molecule has 0 aliphatic heterocycles. The van der Waals surface area contributed by atoms with E-state index in [-0.39, 0.29) is 0 Å². The van der Waals surface area contributed by atoms with Crippen LogP contribution in [0.15, 0.2) is 24.3 Å². The highest BCUT2D eigenvalue weighted by Crippen LogP contribution is 2.20. The Morgan fingerprint density at radius 1 is 1.24 bits per heavy atom. The van der Waals surface area contributed by atoms with Crippen LogP contribution in [0.25, 0.3) is 0 Å². The van der Waals surface area contributed by atoms with Crippen LogP contribution in [0.3, 0.4) is 0 Å². The van der Waals surface area contributed by atoms with Gasteiger partial charge in [0.2, 0.25) is 0 Å². The van der Waals surface area contributed by atoms with Gasteiger partial charge in [0.25, 0.3) is 0 Å². The first-order chi connectivity index (χ1) is 8.17. The molecule has 0 bridgehead atoms. The predicted molar refractivity (Wildman–Crippen MR) is 72.6 cm³/mol. The second-order valence-electron chi connectivity index (χ2n) is 4.48. The number of hydrogen-bond donors (Lipinski definition) is 1. The first-order valence-corrected chi connectivity index (χ1v) is 6.19. The van der Waals surface area contributed by atoms with Crippen LogP contribution in [0, 0.1) is 0 Å². The van der Waals surface area contributed by atoms with Crippen molar-refractivity contribution in [2.75, 3.05) is 34.3 Å². The molecule has 0 aliphatic carbocycles. The molecule has 1 unspecified atom stereocenters. The molecule has 1 aromatic carbocycles. The Labute approximate surface area is 105 Å². The lowest BCUT2D eigenvalue weighted by atomic mass is 10.0. The molecule has 0 fully saturated rings. The van der Waals surface area contributed by atoms with Gasteiger partial charge in [0.05, 0.1) is 7.11 Å². The lowest BCUT2D eigenvalue weighted by Gasteiger charge is -2.20. The van der Waals surface area contributed by atoms with E-state index in [1.807, 2.05) is 12.1 Å². The number of methoxy groups -OCH3 is 1. The van der Waals surface area contributed by atoms with Crippen LogP contribution in [0.2, 0.25) is 0 Å². The Balaban J connectivity index is 2.67. The molecule has 0 aliphatic rings. The molecule has 0 heterocycles. The average Bonchev–Trinajstić information content (AvgIpc) is 2.34. The molecule has 1 atom stereocenters. The second kappa shape index (κ2) is 7.30. The molecule has 0 saturated carbocycles. The van der Waals surface area contributed by atoms with E-state index in [0.29, 0.717) is 6.04 Å². The van der Waals surface area contributed by atoms with E-state index >= 15 is 0 Å². The molecule has 3 heteroatoms. The van der Waals surface area contributed by atoms with Crippen LogP contribution in [0.4, 0.5) is 0 Å². The Bertz CT molecular complexity index is 309. The third-order valence-corrected chi connectivity index (χ3v) is 2.83. The molecule has 0 aromatic heterocycles. The molecule has 17 heavy (non-hydrogen) atoms. The van der Waals surface area contributed by atoms with Crippen molar-refractivity contribution in [1.82, 2.24) is 10.2 Å². The van der Waals surface area contributed by atoms with E-state index in [1.54, 1.807) is 7.11 Å². The Morgan fingerprint density at radius 2 is 1.88 bits per heavy atom. The molecule has 1 N–H and O–H groups in total. The van der Waals surface area contributed by atoms with Crippen LogP contribution in [-0.4, -0.2) is 39.2 Å². The van der Waals surface area contributed by atoms with Gasteiger partial charge in [-0.3, -0.25) is 0 Å². The zero-order valence-corrected chi connectivity index (χ0v) is 11.4. The topological polar surface area (TPSA) is 24.5 Å². The van der Waals surface area contributed by atoms with Crippen molar-refractivity contribution in [3.63, 3.8) is 0 Å². The SMILES string of the molecule is CCNC(CCN(C)C)c1ccc(OC)cc1. The minimum absolute atomic E-state index is 0.424. The second-order valence-corrected chi connectivity index (χ2v) is 4.48. The summed E-state index contributed by atoms with van der Waals surface area (Å²) in [5.41, 5.74) is 1.33. The van der Waals surface area contributed by atoms with Gasteiger partial charge in [-0.05, 0) is 51.3 Å². The Kier molecular flexibility index (Phi) is 6.01. The normalized spacial score (nSPS) is 12.8.